The van der Waals surface area contributed by atoms with Crippen LogP contribution in [-0.2, 0) is 17.8 Å². The van der Waals surface area contributed by atoms with Crippen molar-refractivity contribution in [2.24, 2.45) is 5.92 Å². The minimum Gasteiger partial charge on any atom is -0.493 e. The van der Waals surface area contributed by atoms with E-state index < -0.39 is 11.9 Å². The highest BCUT2D eigenvalue weighted by molar-refractivity contribution is 5.70. The topological polar surface area (TPSA) is 55.8 Å². The van der Waals surface area contributed by atoms with Crippen molar-refractivity contribution in [3.05, 3.63) is 59.7 Å². The molecule has 2 aromatic rings. The van der Waals surface area contributed by atoms with E-state index >= 15 is 0 Å². The summed E-state index contributed by atoms with van der Waals surface area (Å²) in [5, 5.41) is 8.98. The van der Waals surface area contributed by atoms with Gasteiger partial charge in [-0.3, -0.25) is 4.79 Å². The predicted octanol–water partition coefficient (Wildman–Crippen LogP) is 3.54. The SMILES string of the molecule is COc1cc(CC(C)C(=O)O)ccc1OCc1ccccc1. The fraction of sp³-hybridized carbons (Fsp3) is 0.278. The summed E-state index contributed by atoms with van der Waals surface area (Å²) in [5.74, 6) is 0.0354. The highest BCUT2D eigenvalue weighted by Gasteiger charge is 2.13. The van der Waals surface area contributed by atoms with Crippen molar-refractivity contribution in [3.63, 3.8) is 0 Å². The second-order valence-electron chi connectivity index (χ2n) is 5.20. The fourth-order valence-electron chi connectivity index (χ4n) is 2.13. The maximum absolute atomic E-state index is 10.9. The number of methoxy groups -OCH3 is 1. The molecule has 0 bridgehead atoms. The van der Waals surface area contributed by atoms with Gasteiger partial charge >= 0.3 is 5.97 Å². The largest absolute Gasteiger partial charge is 0.493 e. The monoisotopic (exact) mass is 300 g/mol. The first kappa shape index (κ1) is 15.9. The van der Waals surface area contributed by atoms with E-state index in [9.17, 15) is 4.79 Å². The quantitative estimate of drug-likeness (QED) is 0.849. The first-order chi connectivity index (χ1) is 10.6. The van der Waals surface area contributed by atoms with E-state index in [-0.39, 0.29) is 0 Å². The zero-order valence-corrected chi connectivity index (χ0v) is 12.8. The Kier molecular flexibility index (Phi) is 5.42. The van der Waals surface area contributed by atoms with Crippen LogP contribution in [0.5, 0.6) is 11.5 Å². The number of rotatable bonds is 7. The third-order valence-corrected chi connectivity index (χ3v) is 3.43. The molecule has 2 aromatic carbocycles. The summed E-state index contributed by atoms with van der Waals surface area (Å²) in [7, 11) is 1.58. The zero-order chi connectivity index (χ0) is 15.9. The van der Waals surface area contributed by atoms with Crippen LogP contribution in [0, 0.1) is 5.92 Å². The Balaban J connectivity index is 2.07. The highest BCUT2D eigenvalue weighted by atomic mass is 16.5. The smallest absolute Gasteiger partial charge is 0.306 e. The molecule has 0 amide bonds. The Morgan fingerprint density at radius 1 is 1.09 bits per heavy atom. The maximum atomic E-state index is 10.9. The van der Waals surface area contributed by atoms with Gasteiger partial charge in [0, 0.05) is 0 Å². The molecule has 2 rings (SSSR count). The van der Waals surface area contributed by atoms with Gasteiger partial charge in [0.2, 0.25) is 0 Å². The molecule has 116 valence electrons. The standard InChI is InChI=1S/C18H20O4/c1-13(18(19)20)10-15-8-9-16(17(11-15)21-2)22-12-14-6-4-3-5-7-14/h3-9,11,13H,10,12H2,1-2H3,(H,19,20). The maximum Gasteiger partial charge on any atom is 0.306 e. The van der Waals surface area contributed by atoms with Crippen LogP contribution >= 0.6 is 0 Å². The molecule has 0 saturated carbocycles. The van der Waals surface area contributed by atoms with Gasteiger partial charge < -0.3 is 14.6 Å². The van der Waals surface area contributed by atoms with E-state index in [1.54, 1.807) is 14.0 Å². The lowest BCUT2D eigenvalue weighted by molar-refractivity contribution is -0.141. The number of ether oxygens (including phenoxy) is 2. The second kappa shape index (κ2) is 7.50. The van der Waals surface area contributed by atoms with Gasteiger partial charge in [-0.05, 0) is 29.7 Å². The van der Waals surface area contributed by atoms with Crippen LogP contribution < -0.4 is 9.47 Å². The van der Waals surface area contributed by atoms with Gasteiger partial charge in [0.05, 0.1) is 13.0 Å². The number of carboxylic acids is 1. The second-order valence-corrected chi connectivity index (χ2v) is 5.20. The summed E-state index contributed by atoms with van der Waals surface area (Å²) < 4.78 is 11.1. The Hall–Kier alpha value is -2.49. The number of carbonyl (C=O) groups is 1. The zero-order valence-electron chi connectivity index (χ0n) is 12.8. The van der Waals surface area contributed by atoms with Crippen molar-refractivity contribution in [1.29, 1.82) is 0 Å². The summed E-state index contributed by atoms with van der Waals surface area (Å²) in [5.41, 5.74) is 1.99. The van der Waals surface area contributed by atoms with Crippen molar-refractivity contribution in [3.8, 4) is 11.5 Å². The summed E-state index contributed by atoms with van der Waals surface area (Å²) in [6, 6.07) is 15.4. The summed E-state index contributed by atoms with van der Waals surface area (Å²) >= 11 is 0. The van der Waals surface area contributed by atoms with Crippen molar-refractivity contribution in [2.75, 3.05) is 7.11 Å². The molecule has 0 aliphatic heterocycles. The van der Waals surface area contributed by atoms with Gasteiger partial charge in [-0.2, -0.15) is 0 Å². The number of carboxylic acid groups (broad SMARTS) is 1. The van der Waals surface area contributed by atoms with Crippen LogP contribution in [0.25, 0.3) is 0 Å². The van der Waals surface area contributed by atoms with Crippen molar-refractivity contribution < 1.29 is 19.4 Å². The minimum absolute atomic E-state index is 0.430. The van der Waals surface area contributed by atoms with Crippen LogP contribution in [0.15, 0.2) is 48.5 Å². The van der Waals surface area contributed by atoms with E-state index in [1.165, 1.54) is 0 Å². The number of hydrogen-bond acceptors (Lipinski definition) is 3. The minimum atomic E-state index is -0.802. The number of benzene rings is 2. The third-order valence-electron chi connectivity index (χ3n) is 3.43. The third kappa shape index (κ3) is 4.25. The Morgan fingerprint density at radius 3 is 2.45 bits per heavy atom. The molecule has 0 fully saturated rings. The predicted molar refractivity (Wildman–Crippen MR) is 84.3 cm³/mol. The molecule has 1 unspecified atom stereocenters. The fourth-order valence-corrected chi connectivity index (χ4v) is 2.13. The summed E-state index contributed by atoms with van der Waals surface area (Å²) in [6.07, 6.45) is 0.463. The lowest BCUT2D eigenvalue weighted by atomic mass is 10.0. The molecule has 0 aromatic heterocycles. The van der Waals surface area contributed by atoms with Gasteiger partial charge in [0.1, 0.15) is 6.61 Å². The van der Waals surface area contributed by atoms with Crippen LogP contribution in [0.4, 0.5) is 0 Å². The van der Waals surface area contributed by atoms with Crippen molar-refractivity contribution in [1.82, 2.24) is 0 Å². The molecule has 0 heterocycles. The molecular weight excluding hydrogens is 280 g/mol. The van der Waals surface area contributed by atoms with Gasteiger partial charge in [-0.25, -0.2) is 0 Å². The van der Waals surface area contributed by atoms with E-state index in [1.807, 2.05) is 48.5 Å². The van der Waals surface area contributed by atoms with E-state index in [2.05, 4.69) is 0 Å². The van der Waals surface area contributed by atoms with E-state index in [0.29, 0.717) is 24.5 Å². The summed E-state index contributed by atoms with van der Waals surface area (Å²) in [6.45, 7) is 2.15. The Labute approximate surface area is 130 Å². The number of hydrogen-bond donors (Lipinski definition) is 1. The molecule has 0 aliphatic carbocycles. The molecule has 0 radical (unpaired) electrons. The summed E-state index contributed by atoms with van der Waals surface area (Å²) in [4.78, 5) is 10.9. The van der Waals surface area contributed by atoms with Crippen LogP contribution in [0.3, 0.4) is 0 Å². The molecule has 0 spiro atoms. The lowest BCUT2D eigenvalue weighted by Crippen LogP contribution is -2.12. The van der Waals surface area contributed by atoms with Gasteiger partial charge in [-0.1, -0.05) is 43.3 Å². The molecule has 1 N–H and O–H groups in total. The number of aliphatic carboxylic acids is 1. The molecule has 1 atom stereocenters. The molecule has 0 aliphatic rings. The van der Waals surface area contributed by atoms with Gasteiger partial charge in [-0.15, -0.1) is 0 Å². The average Bonchev–Trinajstić information content (AvgIpc) is 2.54. The van der Waals surface area contributed by atoms with Gasteiger partial charge in [0.15, 0.2) is 11.5 Å². The van der Waals surface area contributed by atoms with Crippen LogP contribution in [0.2, 0.25) is 0 Å². The van der Waals surface area contributed by atoms with Crippen molar-refractivity contribution in [2.45, 2.75) is 20.0 Å². The first-order valence-electron chi connectivity index (χ1n) is 7.16. The van der Waals surface area contributed by atoms with Crippen LogP contribution in [-0.4, -0.2) is 18.2 Å². The molecule has 4 heteroatoms. The average molecular weight is 300 g/mol. The molecule has 22 heavy (non-hydrogen) atoms. The highest BCUT2D eigenvalue weighted by Crippen LogP contribution is 2.29. The van der Waals surface area contributed by atoms with E-state index in [4.69, 9.17) is 14.6 Å². The van der Waals surface area contributed by atoms with Crippen molar-refractivity contribution >= 4 is 5.97 Å². The molecule has 0 saturated heterocycles. The molecule has 4 nitrogen and oxygen atoms in total. The van der Waals surface area contributed by atoms with Gasteiger partial charge in [0.25, 0.3) is 0 Å². The normalized spacial score (nSPS) is 11.7. The molecular formula is C18H20O4. The first-order valence-corrected chi connectivity index (χ1v) is 7.16. The Bertz CT molecular complexity index is 622. The lowest BCUT2D eigenvalue weighted by Gasteiger charge is -2.13. The Morgan fingerprint density at radius 2 is 1.82 bits per heavy atom. The van der Waals surface area contributed by atoms with Crippen LogP contribution in [0.1, 0.15) is 18.1 Å². The van der Waals surface area contributed by atoms with E-state index in [0.717, 1.165) is 11.1 Å².